The van der Waals surface area contributed by atoms with Gasteiger partial charge in [-0.3, -0.25) is 0 Å². The third kappa shape index (κ3) is 2.85. The van der Waals surface area contributed by atoms with Gasteiger partial charge in [0, 0.05) is 12.1 Å². The number of aromatic hydroxyl groups is 4. The number of aromatic carboxylic acids is 1. The Labute approximate surface area is 123 Å². The van der Waals surface area contributed by atoms with E-state index in [1.54, 1.807) is 0 Å². The van der Waals surface area contributed by atoms with Crippen LogP contribution in [0.3, 0.4) is 0 Å². The molecule has 0 bridgehead atoms. The summed E-state index contributed by atoms with van der Waals surface area (Å²) in [6.07, 6.45) is 0. The number of carboxylic acids is 1. The summed E-state index contributed by atoms with van der Waals surface area (Å²) < 4.78 is 4.82. The first-order chi connectivity index (χ1) is 10.3. The van der Waals surface area contributed by atoms with E-state index in [1.807, 2.05) is 0 Å². The van der Waals surface area contributed by atoms with E-state index < -0.39 is 46.2 Å². The van der Waals surface area contributed by atoms with Gasteiger partial charge in [0.2, 0.25) is 0 Å². The minimum Gasteiger partial charge on any atom is -0.508 e. The Balaban J connectivity index is 2.39. The summed E-state index contributed by atoms with van der Waals surface area (Å²) in [6.45, 7) is 0. The largest absolute Gasteiger partial charge is 0.508 e. The molecule has 0 aliphatic carbocycles. The van der Waals surface area contributed by atoms with Crippen molar-refractivity contribution in [1.29, 1.82) is 0 Å². The highest BCUT2D eigenvalue weighted by Crippen LogP contribution is 2.33. The van der Waals surface area contributed by atoms with E-state index in [0.717, 1.165) is 30.3 Å². The van der Waals surface area contributed by atoms with Gasteiger partial charge in [-0.25, -0.2) is 9.59 Å². The van der Waals surface area contributed by atoms with Crippen LogP contribution in [-0.2, 0) is 0 Å². The van der Waals surface area contributed by atoms with Gasteiger partial charge in [-0.1, -0.05) is 0 Å². The Morgan fingerprint density at radius 3 is 2.14 bits per heavy atom. The van der Waals surface area contributed by atoms with Gasteiger partial charge in [0.25, 0.3) is 0 Å². The number of benzene rings is 2. The second-order valence-electron chi connectivity index (χ2n) is 4.24. The number of carbonyl (C=O) groups is 2. The molecule has 2 aromatic rings. The molecular formula is C14H10O8. The van der Waals surface area contributed by atoms with Gasteiger partial charge >= 0.3 is 11.9 Å². The molecule has 8 heteroatoms. The maximum atomic E-state index is 11.9. The van der Waals surface area contributed by atoms with Crippen LogP contribution in [0.1, 0.15) is 20.7 Å². The third-order valence-corrected chi connectivity index (χ3v) is 2.69. The van der Waals surface area contributed by atoms with Gasteiger partial charge in [-0.2, -0.15) is 0 Å². The monoisotopic (exact) mass is 306 g/mol. The summed E-state index contributed by atoms with van der Waals surface area (Å²) in [5.74, 6) is -5.47. The van der Waals surface area contributed by atoms with Gasteiger partial charge in [0.15, 0.2) is 17.2 Å². The van der Waals surface area contributed by atoms with Gasteiger partial charge in [0.1, 0.15) is 17.1 Å². The molecule has 2 aromatic carbocycles. The Bertz CT molecular complexity index is 766. The van der Waals surface area contributed by atoms with Crippen LogP contribution in [0.15, 0.2) is 30.3 Å². The second kappa shape index (κ2) is 5.52. The van der Waals surface area contributed by atoms with Crippen molar-refractivity contribution in [2.75, 3.05) is 0 Å². The molecule has 0 unspecified atom stereocenters. The lowest BCUT2D eigenvalue weighted by Crippen LogP contribution is -2.11. The first-order valence-corrected chi connectivity index (χ1v) is 5.83. The fourth-order valence-electron chi connectivity index (χ4n) is 1.69. The van der Waals surface area contributed by atoms with Crippen LogP contribution in [0.2, 0.25) is 0 Å². The van der Waals surface area contributed by atoms with Crippen LogP contribution < -0.4 is 4.74 Å². The fraction of sp³-hybridized carbons (Fsp3) is 0. The summed E-state index contributed by atoms with van der Waals surface area (Å²) in [5.41, 5.74) is -0.872. The van der Waals surface area contributed by atoms with Crippen LogP contribution in [0.5, 0.6) is 28.7 Å². The van der Waals surface area contributed by atoms with Crippen molar-refractivity contribution in [3.8, 4) is 28.7 Å². The lowest BCUT2D eigenvalue weighted by atomic mass is 10.1. The molecule has 0 heterocycles. The summed E-state index contributed by atoms with van der Waals surface area (Å²) in [5, 5.41) is 46.3. The smallest absolute Gasteiger partial charge is 0.343 e. The highest BCUT2D eigenvalue weighted by molar-refractivity contribution is 5.97. The first-order valence-electron chi connectivity index (χ1n) is 5.83. The minimum absolute atomic E-state index is 0.172. The minimum atomic E-state index is -1.56. The van der Waals surface area contributed by atoms with E-state index in [1.165, 1.54) is 0 Å². The van der Waals surface area contributed by atoms with E-state index in [4.69, 9.17) is 14.9 Å². The lowest BCUT2D eigenvalue weighted by Gasteiger charge is -2.10. The predicted octanol–water partition coefficient (Wildman–Crippen LogP) is 1.43. The number of hydrogen-bond acceptors (Lipinski definition) is 7. The van der Waals surface area contributed by atoms with E-state index in [9.17, 15) is 24.9 Å². The number of hydrogen-bond donors (Lipinski definition) is 5. The van der Waals surface area contributed by atoms with E-state index in [-0.39, 0.29) is 5.56 Å². The van der Waals surface area contributed by atoms with Crippen molar-refractivity contribution >= 4 is 11.9 Å². The van der Waals surface area contributed by atoms with Crippen LogP contribution >= 0.6 is 0 Å². The van der Waals surface area contributed by atoms with Crippen molar-refractivity contribution in [3.63, 3.8) is 0 Å². The highest BCUT2D eigenvalue weighted by atomic mass is 16.5. The van der Waals surface area contributed by atoms with Gasteiger partial charge in [-0.05, 0) is 18.2 Å². The zero-order valence-corrected chi connectivity index (χ0v) is 10.8. The fourth-order valence-corrected chi connectivity index (χ4v) is 1.69. The SMILES string of the molecule is O=C(Oc1cc(O)cc(O)c1C(=O)O)c1ccc(O)c(O)c1. The Kier molecular flexibility index (Phi) is 3.76. The zero-order chi connectivity index (χ0) is 16.4. The van der Waals surface area contributed by atoms with E-state index in [0.29, 0.717) is 0 Å². The van der Waals surface area contributed by atoms with Crippen molar-refractivity contribution in [3.05, 3.63) is 41.5 Å². The molecule has 0 saturated carbocycles. The predicted molar refractivity (Wildman–Crippen MR) is 71.5 cm³/mol. The molecule has 5 N–H and O–H groups in total. The molecule has 8 nitrogen and oxygen atoms in total. The Morgan fingerprint density at radius 1 is 0.864 bits per heavy atom. The second-order valence-corrected chi connectivity index (χ2v) is 4.24. The first kappa shape index (κ1) is 15.0. The maximum absolute atomic E-state index is 11.9. The van der Waals surface area contributed by atoms with Gasteiger partial charge in [-0.15, -0.1) is 0 Å². The van der Waals surface area contributed by atoms with Gasteiger partial charge in [0.05, 0.1) is 5.56 Å². The molecule has 22 heavy (non-hydrogen) atoms. The van der Waals surface area contributed by atoms with Crippen molar-refractivity contribution in [2.24, 2.45) is 0 Å². The number of esters is 1. The maximum Gasteiger partial charge on any atom is 0.343 e. The lowest BCUT2D eigenvalue weighted by molar-refractivity contribution is 0.0678. The highest BCUT2D eigenvalue weighted by Gasteiger charge is 2.21. The van der Waals surface area contributed by atoms with E-state index >= 15 is 0 Å². The molecule has 2 rings (SSSR count). The average molecular weight is 306 g/mol. The van der Waals surface area contributed by atoms with Crippen molar-refractivity contribution in [1.82, 2.24) is 0 Å². The van der Waals surface area contributed by atoms with Crippen LogP contribution in [-0.4, -0.2) is 37.5 Å². The Morgan fingerprint density at radius 2 is 1.55 bits per heavy atom. The topological polar surface area (TPSA) is 145 Å². The average Bonchev–Trinajstić information content (AvgIpc) is 2.40. The number of rotatable bonds is 3. The molecule has 0 atom stereocenters. The summed E-state index contributed by atoms with van der Waals surface area (Å²) in [7, 11) is 0. The molecule has 114 valence electrons. The number of carbonyl (C=O) groups excluding carboxylic acids is 1. The zero-order valence-electron chi connectivity index (χ0n) is 10.8. The standard InChI is InChI=1S/C14H10O8/c15-7-4-10(18)12(13(19)20)11(5-7)22-14(21)6-1-2-8(16)9(17)3-6/h1-5,15-18H,(H,19,20). The molecule has 0 radical (unpaired) electrons. The molecular weight excluding hydrogens is 296 g/mol. The molecule has 0 saturated heterocycles. The molecule has 0 aliphatic heterocycles. The molecule has 0 aliphatic rings. The molecule has 0 aromatic heterocycles. The van der Waals surface area contributed by atoms with Crippen LogP contribution in [0.25, 0.3) is 0 Å². The summed E-state index contributed by atoms with van der Waals surface area (Å²) in [4.78, 5) is 23.0. The Hall–Kier alpha value is -3.42. The number of carboxylic acid groups (broad SMARTS) is 1. The molecule has 0 spiro atoms. The third-order valence-electron chi connectivity index (χ3n) is 2.69. The van der Waals surface area contributed by atoms with E-state index in [2.05, 4.69) is 0 Å². The number of phenolic OH excluding ortho intramolecular Hbond substituents is 3. The summed E-state index contributed by atoms with van der Waals surface area (Å²) in [6, 6.07) is 4.74. The number of ether oxygens (including phenoxy) is 1. The quantitative estimate of drug-likeness (QED) is 0.325. The summed E-state index contributed by atoms with van der Waals surface area (Å²) >= 11 is 0. The normalized spacial score (nSPS) is 10.2. The van der Waals surface area contributed by atoms with Crippen LogP contribution in [0.4, 0.5) is 0 Å². The number of phenols is 4. The molecule has 0 fully saturated rings. The van der Waals surface area contributed by atoms with Crippen molar-refractivity contribution in [2.45, 2.75) is 0 Å². The van der Waals surface area contributed by atoms with Crippen molar-refractivity contribution < 1.29 is 39.9 Å². The molecule has 0 amide bonds. The van der Waals surface area contributed by atoms with Crippen LogP contribution in [0, 0.1) is 0 Å². The van der Waals surface area contributed by atoms with Gasteiger partial charge < -0.3 is 30.3 Å².